The van der Waals surface area contributed by atoms with Gasteiger partial charge in [-0.3, -0.25) is 4.98 Å². The molecule has 1 atom stereocenters. The molecule has 1 rings (SSSR count). The van der Waals surface area contributed by atoms with Gasteiger partial charge in [-0.1, -0.05) is 0 Å². The number of hydrogen-bond donors (Lipinski definition) is 2. The Morgan fingerprint density at radius 3 is 2.83 bits per heavy atom. The number of aliphatic hydroxyl groups is 1. The molecule has 0 amide bonds. The lowest BCUT2D eigenvalue weighted by Gasteiger charge is -2.22. The minimum Gasteiger partial charge on any atom is -0.394 e. The largest absolute Gasteiger partial charge is 0.394 e. The van der Waals surface area contributed by atoms with Gasteiger partial charge in [-0.25, -0.2) is 0 Å². The average Bonchev–Trinajstić information content (AvgIpc) is 2.05. The molecule has 1 heterocycles. The summed E-state index contributed by atoms with van der Waals surface area (Å²) < 4.78 is 0. The predicted octanol–water partition coefficient (Wildman–Crippen LogP) is 0.556. The standard InChI is InChI=1S/C9H14N2O/c1-7-5-8(3-4-11-7)9(2,10)6-12/h3-5,12H,6,10H2,1-2H3/t9-/m1/s1. The van der Waals surface area contributed by atoms with Gasteiger partial charge in [-0.2, -0.15) is 0 Å². The Morgan fingerprint density at radius 1 is 1.67 bits per heavy atom. The van der Waals surface area contributed by atoms with Gasteiger partial charge < -0.3 is 10.8 Å². The summed E-state index contributed by atoms with van der Waals surface area (Å²) in [5.41, 5.74) is 7.00. The molecule has 0 saturated heterocycles. The zero-order valence-electron chi connectivity index (χ0n) is 7.41. The third-order valence-corrected chi connectivity index (χ3v) is 1.88. The minimum absolute atomic E-state index is 0.0591. The second-order valence-corrected chi connectivity index (χ2v) is 3.26. The lowest BCUT2D eigenvalue weighted by atomic mass is 9.95. The van der Waals surface area contributed by atoms with E-state index in [1.165, 1.54) is 0 Å². The first-order valence-electron chi connectivity index (χ1n) is 3.89. The Morgan fingerprint density at radius 2 is 2.33 bits per heavy atom. The Balaban J connectivity index is 3.03. The van der Waals surface area contributed by atoms with E-state index in [2.05, 4.69) is 4.98 Å². The van der Waals surface area contributed by atoms with Crippen LogP contribution in [0.25, 0.3) is 0 Å². The van der Waals surface area contributed by atoms with Gasteiger partial charge in [0.05, 0.1) is 12.1 Å². The van der Waals surface area contributed by atoms with Gasteiger partial charge in [0, 0.05) is 11.9 Å². The van der Waals surface area contributed by atoms with Crippen LogP contribution in [-0.2, 0) is 5.54 Å². The van der Waals surface area contributed by atoms with Crippen molar-refractivity contribution in [2.24, 2.45) is 5.73 Å². The van der Waals surface area contributed by atoms with E-state index in [4.69, 9.17) is 10.8 Å². The lowest BCUT2D eigenvalue weighted by Crippen LogP contribution is -2.36. The van der Waals surface area contributed by atoms with Crippen LogP contribution in [0.3, 0.4) is 0 Å². The van der Waals surface area contributed by atoms with Gasteiger partial charge in [0.1, 0.15) is 0 Å². The third-order valence-electron chi connectivity index (χ3n) is 1.88. The fourth-order valence-electron chi connectivity index (χ4n) is 0.992. The maximum atomic E-state index is 8.99. The number of hydrogen-bond acceptors (Lipinski definition) is 3. The summed E-state index contributed by atoms with van der Waals surface area (Å²) in [6, 6.07) is 3.71. The number of aryl methyl sites for hydroxylation is 1. The van der Waals surface area contributed by atoms with Crippen LogP contribution < -0.4 is 5.73 Å². The maximum Gasteiger partial charge on any atom is 0.0650 e. The molecule has 0 aliphatic carbocycles. The number of pyridine rings is 1. The molecule has 3 nitrogen and oxygen atoms in total. The van der Waals surface area contributed by atoms with Crippen LogP contribution in [0.15, 0.2) is 18.3 Å². The fraction of sp³-hybridized carbons (Fsp3) is 0.444. The smallest absolute Gasteiger partial charge is 0.0650 e. The zero-order valence-corrected chi connectivity index (χ0v) is 7.41. The van der Waals surface area contributed by atoms with E-state index in [1.54, 1.807) is 13.1 Å². The number of nitrogens with two attached hydrogens (primary N) is 1. The summed E-state index contributed by atoms with van der Waals surface area (Å²) in [4.78, 5) is 4.05. The molecule has 0 aliphatic rings. The maximum absolute atomic E-state index is 8.99. The number of aliphatic hydroxyl groups excluding tert-OH is 1. The molecule has 3 heteroatoms. The fourth-order valence-corrected chi connectivity index (χ4v) is 0.992. The normalized spacial score (nSPS) is 15.7. The Kier molecular flexibility index (Phi) is 2.45. The average molecular weight is 166 g/mol. The molecule has 0 fully saturated rings. The molecule has 0 spiro atoms. The van der Waals surface area contributed by atoms with Crippen molar-refractivity contribution in [2.75, 3.05) is 6.61 Å². The summed E-state index contributed by atoms with van der Waals surface area (Å²) in [6.07, 6.45) is 1.70. The SMILES string of the molecule is Cc1cc([C@](C)(N)CO)ccn1. The molecule has 66 valence electrons. The summed E-state index contributed by atoms with van der Waals surface area (Å²) in [6.45, 7) is 3.63. The van der Waals surface area contributed by atoms with E-state index in [0.717, 1.165) is 11.3 Å². The van der Waals surface area contributed by atoms with Crippen molar-refractivity contribution in [3.05, 3.63) is 29.6 Å². The van der Waals surface area contributed by atoms with E-state index in [9.17, 15) is 0 Å². The number of aromatic nitrogens is 1. The van der Waals surface area contributed by atoms with Crippen molar-refractivity contribution in [3.8, 4) is 0 Å². The summed E-state index contributed by atoms with van der Waals surface area (Å²) >= 11 is 0. The highest BCUT2D eigenvalue weighted by Gasteiger charge is 2.19. The zero-order chi connectivity index (χ0) is 9.19. The van der Waals surface area contributed by atoms with Crippen molar-refractivity contribution in [2.45, 2.75) is 19.4 Å². The number of nitrogens with zero attached hydrogens (tertiary/aromatic N) is 1. The highest BCUT2D eigenvalue weighted by Crippen LogP contribution is 2.16. The van der Waals surface area contributed by atoms with Crippen molar-refractivity contribution < 1.29 is 5.11 Å². The lowest BCUT2D eigenvalue weighted by molar-refractivity contribution is 0.210. The molecule has 0 unspecified atom stereocenters. The Hall–Kier alpha value is -0.930. The van der Waals surface area contributed by atoms with E-state index in [1.807, 2.05) is 19.1 Å². The van der Waals surface area contributed by atoms with Crippen LogP contribution in [0, 0.1) is 6.92 Å². The van der Waals surface area contributed by atoms with Gasteiger partial charge in [-0.15, -0.1) is 0 Å². The van der Waals surface area contributed by atoms with Gasteiger partial charge in [0.25, 0.3) is 0 Å². The molecule has 0 saturated carbocycles. The monoisotopic (exact) mass is 166 g/mol. The van der Waals surface area contributed by atoms with Gasteiger partial charge >= 0.3 is 0 Å². The molecule has 3 N–H and O–H groups in total. The molecule has 0 aliphatic heterocycles. The van der Waals surface area contributed by atoms with Gasteiger partial charge in [0.2, 0.25) is 0 Å². The third kappa shape index (κ3) is 1.81. The summed E-state index contributed by atoms with van der Waals surface area (Å²) in [7, 11) is 0. The Labute approximate surface area is 72.2 Å². The molecule has 1 aromatic heterocycles. The first-order valence-corrected chi connectivity index (χ1v) is 3.89. The van der Waals surface area contributed by atoms with Crippen molar-refractivity contribution >= 4 is 0 Å². The van der Waals surface area contributed by atoms with E-state index >= 15 is 0 Å². The first-order chi connectivity index (χ1) is 5.56. The van der Waals surface area contributed by atoms with E-state index in [0.29, 0.717) is 0 Å². The van der Waals surface area contributed by atoms with Gasteiger partial charge in [-0.05, 0) is 31.5 Å². The van der Waals surface area contributed by atoms with Crippen LogP contribution in [0.2, 0.25) is 0 Å². The molecular formula is C9H14N2O. The van der Waals surface area contributed by atoms with Crippen LogP contribution in [-0.4, -0.2) is 16.7 Å². The first kappa shape index (κ1) is 9.16. The number of rotatable bonds is 2. The van der Waals surface area contributed by atoms with Crippen LogP contribution in [0.4, 0.5) is 0 Å². The minimum atomic E-state index is -0.659. The quantitative estimate of drug-likeness (QED) is 0.674. The van der Waals surface area contributed by atoms with Crippen molar-refractivity contribution in [3.63, 3.8) is 0 Å². The van der Waals surface area contributed by atoms with Crippen molar-refractivity contribution in [1.29, 1.82) is 0 Å². The van der Waals surface area contributed by atoms with Crippen LogP contribution in [0.1, 0.15) is 18.2 Å². The highest BCUT2D eigenvalue weighted by molar-refractivity contribution is 5.23. The van der Waals surface area contributed by atoms with Crippen LogP contribution >= 0.6 is 0 Å². The second-order valence-electron chi connectivity index (χ2n) is 3.26. The highest BCUT2D eigenvalue weighted by atomic mass is 16.3. The molecular weight excluding hydrogens is 152 g/mol. The van der Waals surface area contributed by atoms with Gasteiger partial charge in [0.15, 0.2) is 0 Å². The predicted molar refractivity (Wildman–Crippen MR) is 47.6 cm³/mol. The molecule has 12 heavy (non-hydrogen) atoms. The molecule has 0 aromatic carbocycles. The van der Waals surface area contributed by atoms with E-state index < -0.39 is 5.54 Å². The summed E-state index contributed by atoms with van der Waals surface area (Å²) in [5, 5.41) is 8.99. The second kappa shape index (κ2) is 3.21. The van der Waals surface area contributed by atoms with E-state index in [-0.39, 0.29) is 6.61 Å². The molecule has 1 aromatic rings. The molecule has 0 bridgehead atoms. The van der Waals surface area contributed by atoms with Crippen LogP contribution in [0.5, 0.6) is 0 Å². The summed E-state index contributed by atoms with van der Waals surface area (Å²) in [5.74, 6) is 0. The topological polar surface area (TPSA) is 59.1 Å². The Bertz CT molecular complexity index is 271. The van der Waals surface area contributed by atoms with Crippen molar-refractivity contribution in [1.82, 2.24) is 4.98 Å². The molecule has 0 radical (unpaired) electrons.